The number of aliphatic carboxylic acids is 1. The summed E-state index contributed by atoms with van der Waals surface area (Å²) in [6, 6.07) is 1.20. The zero-order valence-electron chi connectivity index (χ0n) is 7.80. The maximum Gasteiger partial charge on any atom is 0.309 e. The predicted molar refractivity (Wildman–Crippen MR) is 53.0 cm³/mol. The van der Waals surface area contributed by atoms with Crippen molar-refractivity contribution in [3.63, 3.8) is 0 Å². The molecule has 0 atom stereocenters. The SMILES string of the molecule is Cc1c(C(F)F)cc(Br)nc1CC(=O)O. The van der Waals surface area contributed by atoms with Crippen LogP contribution in [0, 0.1) is 6.92 Å². The average Bonchev–Trinajstić information content (AvgIpc) is 2.09. The highest BCUT2D eigenvalue weighted by molar-refractivity contribution is 9.10. The molecule has 0 fully saturated rings. The fourth-order valence-corrected chi connectivity index (χ4v) is 1.65. The summed E-state index contributed by atoms with van der Waals surface area (Å²) in [5, 5.41) is 8.57. The molecule has 6 heteroatoms. The third-order valence-corrected chi connectivity index (χ3v) is 2.34. The monoisotopic (exact) mass is 279 g/mol. The Morgan fingerprint density at radius 1 is 1.67 bits per heavy atom. The second-order valence-electron chi connectivity index (χ2n) is 2.98. The smallest absolute Gasteiger partial charge is 0.309 e. The van der Waals surface area contributed by atoms with Gasteiger partial charge in [0.25, 0.3) is 6.43 Å². The first kappa shape index (κ1) is 12.0. The van der Waals surface area contributed by atoms with Gasteiger partial charge in [0.1, 0.15) is 4.60 Å². The minimum atomic E-state index is -2.63. The Hall–Kier alpha value is -1.04. The highest BCUT2D eigenvalue weighted by atomic mass is 79.9. The van der Waals surface area contributed by atoms with Crippen LogP contribution in [0.3, 0.4) is 0 Å². The van der Waals surface area contributed by atoms with Crippen molar-refractivity contribution in [1.82, 2.24) is 4.98 Å². The second-order valence-corrected chi connectivity index (χ2v) is 3.79. The van der Waals surface area contributed by atoms with Gasteiger partial charge in [-0.3, -0.25) is 4.79 Å². The van der Waals surface area contributed by atoms with Gasteiger partial charge < -0.3 is 5.11 Å². The van der Waals surface area contributed by atoms with Gasteiger partial charge in [0, 0.05) is 5.56 Å². The largest absolute Gasteiger partial charge is 0.481 e. The summed E-state index contributed by atoms with van der Waals surface area (Å²) in [6.07, 6.45) is -2.98. The molecule has 15 heavy (non-hydrogen) atoms. The molecule has 3 nitrogen and oxygen atoms in total. The van der Waals surface area contributed by atoms with Crippen LogP contribution in [0.25, 0.3) is 0 Å². The molecule has 1 N–H and O–H groups in total. The fraction of sp³-hybridized carbons (Fsp3) is 0.333. The molecule has 0 amide bonds. The summed E-state index contributed by atoms with van der Waals surface area (Å²) in [5.41, 5.74) is 0.205. The van der Waals surface area contributed by atoms with Gasteiger partial charge in [0.15, 0.2) is 0 Å². The molecule has 0 spiro atoms. The van der Waals surface area contributed by atoms with Crippen molar-refractivity contribution in [3.8, 4) is 0 Å². The Balaban J connectivity index is 3.21. The molecule has 0 saturated heterocycles. The number of hydrogen-bond donors (Lipinski definition) is 1. The van der Waals surface area contributed by atoms with Gasteiger partial charge in [0.05, 0.1) is 12.1 Å². The van der Waals surface area contributed by atoms with Crippen LogP contribution in [0.15, 0.2) is 10.7 Å². The summed E-state index contributed by atoms with van der Waals surface area (Å²) in [6.45, 7) is 1.44. The highest BCUT2D eigenvalue weighted by Crippen LogP contribution is 2.26. The number of nitrogens with zero attached hydrogens (tertiary/aromatic N) is 1. The number of halogens is 3. The van der Waals surface area contributed by atoms with Crippen LogP contribution in [0.4, 0.5) is 8.78 Å². The molecule has 0 aromatic carbocycles. The van der Waals surface area contributed by atoms with Crippen molar-refractivity contribution in [2.24, 2.45) is 0 Å². The van der Waals surface area contributed by atoms with Crippen molar-refractivity contribution in [3.05, 3.63) is 27.5 Å². The van der Waals surface area contributed by atoms with Gasteiger partial charge >= 0.3 is 5.97 Å². The van der Waals surface area contributed by atoms with E-state index in [9.17, 15) is 13.6 Å². The average molecular weight is 280 g/mol. The van der Waals surface area contributed by atoms with Gasteiger partial charge in [-0.2, -0.15) is 0 Å². The predicted octanol–water partition coefficient (Wildman–Crippen LogP) is 2.72. The lowest BCUT2D eigenvalue weighted by molar-refractivity contribution is -0.136. The molecule has 0 saturated carbocycles. The maximum absolute atomic E-state index is 12.5. The zero-order chi connectivity index (χ0) is 11.6. The first-order valence-corrected chi connectivity index (χ1v) is 4.87. The number of pyridine rings is 1. The van der Waals surface area contributed by atoms with Crippen molar-refractivity contribution in [2.75, 3.05) is 0 Å². The number of alkyl halides is 2. The van der Waals surface area contributed by atoms with E-state index in [0.29, 0.717) is 0 Å². The molecule has 0 aliphatic rings. The van der Waals surface area contributed by atoms with Crippen molar-refractivity contribution >= 4 is 21.9 Å². The van der Waals surface area contributed by atoms with Crippen LogP contribution < -0.4 is 0 Å². The van der Waals surface area contributed by atoms with Crippen LogP contribution in [0.1, 0.15) is 23.2 Å². The van der Waals surface area contributed by atoms with Gasteiger partial charge in [-0.15, -0.1) is 0 Å². The van der Waals surface area contributed by atoms with E-state index >= 15 is 0 Å². The molecule has 1 heterocycles. The minimum Gasteiger partial charge on any atom is -0.481 e. The molecular weight excluding hydrogens is 272 g/mol. The number of aromatic nitrogens is 1. The number of hydrogen-bond acceptors (Lipinski definition) is 2. The van der Waals surface area contributed by atoms with E-state index in [4.69, 9.17) is 5.11 Å². The molecule has 82 valence electrons. The Morgan fingerprint density at radius 2 is 2.27 bits per heavy atom. The summed E-state index contributed by atoms with van der Waals surface area (Å²) in [7, 11) is 0. The molecule has 0 aliphatic carbocycles. The molecule has 0 radical (unpaired) electrons. The van der Waals surface area contributed by atoms with E-state index in [1.54, 1.807) is 0 Å². The van der Waals surface area contributed by atoms with Crippen LogP contribution in [-0.2, 0) is 11.2 Å². The number of rotatable bonds is 3. The molecule has 0 bridgehead atoms. The van der Waals surface area contributed by atoms with Crippen LogP contribution >= 0.6 is 15.9 Å². The van der Waals surface area contributed by atoms with Gasteiger partial charge in [-0.25, -0.2) is 13.8 Å². The maximum atomic E-state index is 12.5. The van der Waals surface area contributed by atoms with Gasteiger partial charge in [-0.05, 0) is 34.5 Å². The van der Waals surface area contributed by atoms with E-state index in [1.165, 1.54) is 13.0 Å². The quantitative estimate of drug-likeness (QED) is 0.866. The van der Waals surface area contributed by atoms with Crippen molar-refractivity contribution in [2.45, 2.75) is 19.8 Å². The summed E-state index contributed by atoms with van der Waals surface area (Å²) >= 11 is 2.97. The van der Waals surface area contributed by atoms with E-state index in [1.807, 2.05) is 0 Å². The lowest BCUT2D eigenvalue weighted by atomic mass is 10.1. The van der Waals surface area contributed by atoms with Crippen molar-refractivity contribution in [1.29, 1.82) is 0 Å². The normalized spacial score (nSPS) is 10.7. The lowest BCUT2D eigenvalue weighted by Crippen LogP contribution is -2.07. The van der Waals surface area contributed by atoms with Crippen molar-refractivity contribution < 1.29 is 18.7 Å². The summed E-state index contributed by atoms with van der Waals surface area (Å²) < 4.78 is 25.3. The van der Waals surface area contributed by atoms with Gasteiger partial charge in [-0.1, -0.05) is 0 Å². The van der Waals surface area contributed by atoms with E-state index in [0.717, 1.165) is 0 Å². The third-order valence-electron chi connectivity index (χ3n) is 1.94. The van der Waals surface area contributed by atoms with E-state index in [-0.39, 0.29) is 27.8 Å². The second kappa shape index (κ2) is 4.65. The molecular formula is C9H8BrF2NO2. The van der Waals surface area contributed by atoms with Gasteiger partial charge in [0.2, 0.25) is 0 Å². The summed E-state index contributed by atoms with van der Waals surface area (Å²) in [5.74, 6) is -1.09. The Morgan fingerprint density at radius 3 is 2.73 bits per heavy atom. The first-order valence-electron chi connectivity index (χ1n) is 4.07. The number of carboxylic acids is 1. The molecule has 1 aromatic heterocycles. The van der Waals surface area contributed by atoms with Crippen LogP contribution in [0.5, 0.6) is 0 Å². The highest BCUT2D eigenvalue weighted by Gasteiger charge is 2.17. The Bertz CT molecular complexity index is 396. The number of carboxylic acid groups (broad SMARTS) is 1. The van der Waals surface area contributed by atoms with E-state index < -0.39 is 12.4 Å². The topological polar surface area (TPSA) is 50.2 Å². The summed E-state index contributed by atoms with van der Waals surface area (Å²) in [4.78, 5) is 14.3. The molecule has 0 aliphatic heterocycles. The third kappa shape index (κ3) is 2.95. The standard InChI is InChI=1S/C9H8BrF2NO2/c1-4-5(9(11)12)2-7(10)13-6(4)3-8(14)15/h2,9H,3H2,1H3,(H,14,15). The molecule has 0 unspecified atom stereocenters. The molecule has 1 aromatic rings. The molecule has 1 rings (SSSR count). The zero-order valence-corrected chi connectivity index (χ0v) is 9.38. The Labute approximate surface area is 93.3 Å². The Kier molecular flexibility index (Phi) is 3.73. The van der Waals surface area contributed by atoms with Crippen LogP contribution in [0.2, 0.25) is 0 Å². The first-order chi connectivity index (χ1) is 6.91. The van der Waals surface area contributed by atoms with Crippen LogP contribution in [-0.4, -0.2) is 16.1 Å². The van der Waals surface area contributed by atoms with E-state index in [2.05, 4.69) is 20.9 Å². The minimum absolute atomic E-state index is 0.159. The number of carbonyl (C=O) groups is 1. The fourth-order valence-electron chi connectivity index (χ4n) is 1.19. The lowest BCUT2D eigenvalue weighted by Gasteiger charge is -2.09.